The van der Waals surface area contributed by atoms with Gasteiger partial charge in [0.05, 0.1) is 11.3 Å². The van der Waals surface area contributed by atoms with Gasteiger partial charge in [-0.3, -0.25) is 9.59 Å². The number of carbonyl (C=O) groups excluding carboxylic acids is 2. The fourth-order valence-electron chi connectivity index (χ4n) is 3.74. The zero-order valence-electron chi connectivity index (χ0n) is 15.2. The van der Waals surface area contributed by atoms with Gasteiger partial charge >= 0.3 is 0 Å². The summed E-state index contributed by atoms with van der Waals surface area (Å²) >= 11 is 1.50. The van der Waals surface area contributed by atoms with Crippen LogP contribution in [0.5, 0.6) is 0 Å². The van der Waals surface area contributed by atoms with E-state index in [1.165, 1.54) is 31.0 Å². The smallest absolute Gasteiger partial charge is 0.259 e. The first-order valence-corrected chi connectivity index (χ1v) is 10.4. The van der Waals surface area contributed by atoms with Crippen molar-refractivity contribution >= 4 is 29.3 Å². The zero-order chi connectivity index (χ0) is 18.6. The van der Waals surface area contributed by atoms with E-state index < -0.39 is 0 Å². The molecule has 140 valence electrons. The summed E-state index contributed by atoms with van der Waals surface area (Å²) in [6, 6.07) is 11.6. The maximum Gasteiger partial charge on any atom is 0.259 e. The molecule has 27 heavy (non-hydrogen) atoms. The maximum absolute atomic E-state index is 13.2. The Balaban J connectivity index is 1.52. The third-order valence-electron chi connectivity index (χ3n) is 5.14. The molecule has 0 radical (unpaired) electrons. The lowest BCUT2D eigenvalue weighted by atomic mass is 9.95. The quantitative estimate of drug-likeness (QED) is 0.868. The van der Waals surface area contributed by atoms with Crippen LogP contribution < -0.4 is 10.2 Å². The summed E-state index contributed by atoms with van der Waals surface area (Å²) in [6.45, 7) is 0.352. The monoisotopic (exact) mass is 381 g/mol. The maximum atomic E-state index is 13.2. The number of carbonyl (C=O) groups is 2. The van der Waals surface area contributed by atoms with Gasteiger partial charge in [-0.2, -0.15) is 0 Å². The van der Waals surface area contributed by atoms with Crippen LogP contribution in [-0.4, -0.2) is 29.4 Å². The van der Waals surface area contributed by atoms with Gasteiger partial charge in [0.1, 0.15) is 5.03 Å². The van der Waals surface area contributed by atoms with Gasteiger partial charge in [-0.1, -0.05) is 43.2 Å². The van der Waals surface area contributed by atoms with Gasteiger partial charge in [0.2, 0.25) is 5.91 Å². The van der Waals surface area contributed by atoms with Gasteiger partial charge in [-0.15, -0.1) is 0 Å². The summed E-state index contributed by atoms with van der Waals surface area (Å²) in [5.74, 6) is -0.0550. The molecular formula is C21H23N3O2S. The van der Waals surface area contributed by atoms with Crippen molar-refractivity contribution in [2.75, 3.05) is 11.4 Å². The number of hydrogen-bond donors (Lipinski definition) is 1. The van der Waals surface area contributed by atoms with Crippen LogP contribution in [0.3, 0.4) is 0 Å². The molecule has 1 aromatic heterocycles. The van der Waals surface area contributed by atoms with Crippen LogP contribution >= 0.6 is 11.8 Å². The number of pyridine rings is 1. The van der Waals surface area contributed by atoms with Crippen LogP contribution in [0.15, 0.2) is 52.5 Å². The number of hydrogen-bond acceptors (Lipinski definition) is 4. The Kier molecular flexibility index (Phi) is 5.43. The Morgan fingerprint density at radius 1 is 1.15 bits per heavy atom. The van der Waals surface area contributed by atoms with E-state index in [0.717, 1.165) is 28.5 Å². The topological polar surface area (TPSA) is 62.3 Å². The summed E-state index contributed by atoms with van der Waals surface area (Å²) in [5.41, 5.74) is 1.43. The van der Waals surface area contributed by atoms with Crippen LogP contribution in [0, 0.1) is 0 Å². The molecule has 0 bridgehead atoms. The van der Waals surface area contributed by atoms with E-state index in [9.17, 15) is 9.59 Å². The molecule has 1 aliphatic heterocycles. The zero-order valence-corrected chi connectivity index (χ0v) is 16.0. The van der Waals surface area contributed by atoms with Gasteiger partial charge in [-0.25, -0.2) is 4.98 Å². The predicted molar refractivity (Wildman–Crippen MR) is 106 cm³/mol. The van der Waals surface area contributed by atoms with Crippen LogP contribution in [-0.2, 0) is 4.79 Å². The Bertz CT molecular complexity index is 849. The average molecular weight is 382 g/mol. The summed E-state index contributed by atoms with van der Waals surface area (Å²) in [6.07, 6.45) is 7.78. The van der Waals surface area contributed by atoms with E-state index in [-0.39, 0.29) is 17.9 Å². The second kappa shape index (κ2) is 8.13. The van der Waals surface area contributed by atoms with E-state index in [4.69, 9.17) is 0 Å². The van der Waals surface area contributed by atoms with Gasteiger partial charge in [0.25, 0.3) is 5.91 Å². The molecule has 1 saturated carbocycles. The first kappa shape index (κ1) is 18.0. The lowest BCUT2D eigenvalue weighted by Crippen LogP contribution is -2.39. The second-order valence-electron chi connectivity index (χ2n) is 7.04. The summed E-state index contributed by atoms with van der Waals surface area (Å²) < 4.78 is 0. The summed E-state index contributed by atoms with van der Waals surface area (Å²) in [4.78, 5) is 32.6. The van der Waals surface area contributed by atoms with E-state index >= 15 is 0 Å². The lowest BCUT2D eigenvalue weighted by molar-refractivity contribution is -0.121. The number of benzene rings is 1. The molecule has 1 aromatic carbocycles. The summed E-state index contributed by atoms with van der Waals surface area (Å²) in [5, 5.41) is 3.93. The van der Waals surface area contributed by atoms with E-state index in [1.54, 1.807) is 11.1 Å². The van der Waals surface area contributed by atoms with E-state index in [1.807, 2.05) is 36.4 Å². The minimum absolute atomic E-state index is 0.0188. The van der Waals surface area contributed by atoms with Crippen molar-refractivity contribution in [2.24, 2.45) is 0 Å². The molecule has 2 aliphatic rings. The molecule has 4 rings (SSSR count). The number of aromatic nitrogens is 1. The molecule has 0 spiro atoms. The SMILES string of the molecule is O=C(CCN1C(=O)c2ccccc2Sc2ncccc21)NC1CCCCC1. The van der Waals surface area contributed by atoms with Crippen LogP contribution in [0.4, 0.5) is 5.69 Å². The van der Waals surface area contributed by atoms with E-state index in [2.05, 4.69) is 10.3 Å². The first-order chi connectivity index (χ1) is 13.2. The average Bonchev–Trinajstić information content (AvgIpc) is 2.81. The van der Waals surface area contributed by atoms with Crippen molar-refractivity contribution in [3.05, 3.63) is 48.2 Å². The first-order valence-electron chi connectivity index (χ1n) is 9.55. The fourth-order valence-corrected chi connectivity index (χ4v) is 4.76. The van der Waals surface area contributed by atoms with Gasteiger partial charge in [0.15, 0.2) is 0 Å². The molecule has 0 unspecified atom stereocenters. The number of anilines is 1. The van der Waals surface area contributed by atoms with Crippen LogP contribution in [0.25, 0.3) is 0 Å². The fraction of sp³-hybridized carbons (Fsp3) is 0.381. The van der Waals surface area contributed by atoms with Gasteiger partial charge in [0, 0.05) is 30.1 Å². The molecule has 2 aromatic rings. The number of fused-ring (bicyclic) bond motifs is 2. The Hall–Kier alpha value is -2.34. The highest BCUT2D eigenvalue weighted by Gasteiger charge is 2.28. The minimum Gasteiger partial charge on any atom is -0.353 e. The van der Waals surface area contributed by atoms with Crippen molar-refractivity contribution in [3.63, 3.8) is 0 Å². The minimum atomic E-state index is -0.0738. The molecule has 2 heterocycles. The Labute approximate surface area is 163 Å². The van der Waals surface area contributed by atoms with E-state index in [0.29, 0.717) is 18.5 Å². The van der Waals surface area contributed by atoms with Crippen molar-refractivity contribution < 1.29 is 9.59 Å². The number of rotatable bonds is 4. The molecule has 1 fully saturated rings. The van der Waals surface area contributed by atoms with Crippen LogP contribution in [0.1, 0.15) is 48.9 Å². The highest BCUT2D eigenvalue weighted by molar-refractivity contribution is 7.99. The molecule has 6 heteroatoms. The largest absolute Gasteiger partial charge is 0.353 e. The van der Waals surface area contributed by atoms with Crippen molar-refractivity contribution in [3.8, 4) is 0 Å². The van der Waals surface area contributed by atoms with Crippen LogP contribution in [0.2, 0.25) is 0 Å². The molecular weight excluding hydrogens is 358 g/mol. The molecule has 0 atom stereocenters. The highest BCUT2D eigenvalue weighted by atomic mass is 32.2. The second-order valence-corrected chi connectivity index (χ2v) is 8.07. The molecule has 0 saturated heterocycles. The van der Waals surface area contributed by atoms with Crippen molar-refractivity contribution in [1.82, 2.24) is 10.3 Å². The molecule has 1 N–H and O–H groups in total. The third-order valence-corrected chi connectivity index (χ3v) is 6.23. The standard InChI is InChI=1S/C21H23N3O2S/c25-19(23-15-7-2-1-3-8-15)12-14-24-17-10-6-13-22-20(17)27-18-11-5-4-9-16(18)21(24)26/h4-6,9-11,13,15H,1-3,7-8,12,14H2,(H,23,25). The predicted octanol–water partition coefficient (Wildman–Crippen LogP) is 4.03. The molecule has 1 aliphatic carbocycles. The molecule has 5 nitrogen and oxygen atoms in total. The lowest BCUT2D eigenvalue weighted by Gasteiger charge is -2.25. The highest BCUT2D eigenvalue weighted by Crippen LogP contribution is 2.39. The van der Waals surface area contributed by atoms with Crippen molar-refractivity contribution in [2.45, 2.75) is 54.5 Å². The Morgan fingerprint density at radius 2 is 1.96 bits per heavy atom. The third kappa shape index (κ3) is 4.00. The van der Waals surface area contributed by atoms with Crippen molar-refractivity contribution in [1.29, 1.82) is 0 Å². The Morgan fingerprint density at radius 3 is 2.81 bits per heavy atom. The summed E-state index contributed by atoms with van der Waals surface area (Å²) in [7, 11) is 0. The normalized spacial score (nSPS) is 17.0. The number of amides is 2. The van der Waals surface area contributed by atoms with Gasteiger partial charge in [-0.05, 0) is 37.1 Å². The van der Waals surface area contributed by atoms with Gasteiger partial charge < -0.3 is 10.2 Å². The number of nitrogens with zero attached hydrogens (tertiary/aromatic N) is 2. The number of nitrogens with one attached hydrogen (secondary N) is 1. The molecule has 2 amide bonds.